The lowest BCUT2D eigenvalue weighted by Gasteiger charge is -1.99. The summed E-state index contributed by atoms with van der Waals surface area (Å²) in [5, 5.41) is 10.2. The molecule has 0 unspecified atom stereocenters. The Morgan fingerprint density at radius 1 is 1.62 bits per heavy atom. The summed E-state index contributed by atoms with van der Waals surface area (Å²) in [6.45, 7) is 3.30. The van der Waals surface area contributed by atoms with Gasteiger partial charge in [0, 0.05) is 10.5 Å². The molecule has 0 spiro atoms. The van der Waals surface area contributed by atoms with Crippen LogP contribution in [0.1, 0.15) is 17.4 Å². The molecule has 70 valence electrons. The van der Waals surface area contributed by atoms with Crippen molar-refractivity contribution >= 4 is 22.9 Å². The first-order valence-corrected chi connectivity index (χ1v) is 4.56. The average Bonchev–Trinajstić information content (AvgIpc) is 2.48. The fourth-order valence-corrected chi connectivity index (χ4v) is 1.95. The van der Waals surface area contributed by atoms with E-state index in [0.29, 0.717) is 4.88 Å². The van der Waals surface area contributed by atoms with Crippen LogP contribution in [0.2, 0.25) is 0 Å². The van der Waals surface area contributed by atoms with Crippen molar-refractivity contribution in [2.75, 3.05) is 0 Å². The summed E-state index contributed by atoms with van der Waals surface area (Å²) < 4.78 is 12.9. The van der Waals surface area contributed by atoms with E-state index in [4.69, 9.17) is 5.11 Å². The Balaban J connectivity index is 3.17. The third kappa shape index (κ3) is 1.95. The molecule has 0 saturated carbocycles. The lowest BCUT2D eigenvalue weighted by atomic mass is 10.1. The van der Waals surface area contributed by atoms with Gasteiger partial charge in [-0.2, -0.15) is 4.39 Å². The number of thiophene rings is 1. The van der Waals surface area contributed by atoms with Crippen LogP contribution in [-0.2, 0) is 4.79 Å². The molecule has 1 rings (SSSR count). The molecule has 0 radical (unpaired) electrons. The van der Waals surface area contributed by atoms with Crippen LogP contribution in [-0.4, -0.2) is 11.1 Å². The fourth-order valence-electron chi connectivity index (χ4n) is 1.02. The highest BCUT2D eigenvalue weighted by Gasteiger charge is 2.13. The summed E-state index contributed by atoms with van der Waals surface area (Å²) in [5.74, 6) is -2.59. The Kier molecular flexibility index (Phi) is 2.83. The third-order valence-electron chi connectivity index (χ3n) is 1.72. The second kappa shape index (κ2) is 3.70. The normalized spacial score (nSPS) is 12.5. The minimum absolute atomic E-state index is 0.194. The third-order valence-corrected chi connectivity index (χ3v) is 2.86. The summed E-state index contributed by atoms with van der Waals surface area (Å²) in [4.78, 5) is 11.0. The highest BCUT2D eigenvalue weighted by atomic mass is 32.1. The number of carboxylic acid groups (broad SMARTS) is 1. The molecule has 13 heavy (non-hydrogen) atoms. The number of hydrogen-bond acceptors (Lipinski definition) is 2. The van der Waals surface area contributed by atoms with Gasteiger partial charge < -0.3 is 5.11 Å². The lowest BCUT2D eigenvalue weighted by molar-refractivity contribution is -0.134. The zero-order valence-electron chi connectivity index (χ0n) is 7.30. The summed E-state index contributed by atoms with van der Waals surface area (Å²) in [5.41, 5.74) is 1.10. The molecule has 0 fully saturated rings. The van der Waals surface area contributed by atoms with Gasteiger partial charge in [-0.25, -0.2) is 4.79 Å². The van der Waals surface area contributed by atoms with Crippen LogP contribution in [0.5, 0.6) is 0 Å². The van der Waals surface area contributed by atoms with Crippen LogP contribution in [0.4, 0.5) is 4.39 Å². The van der Waals surface area contributed by atoms with Gasteiger partial charge in [0.1, 0.15) is 0 Å². The van der Waals surface area contributed by atoms with Gasteiger partial charge in [-0.3, -0.25) is 0 Å². The van der Waals surface area contributed by atoms with Crippen LogP contribution in [0.15, 0.2) is 17.3 Å². The summed E-state index contributed by atoms with van der Waals surface area (Å²) in [7, 11) is 0. The van der Waals surface area contributed by atoms with E-state index >= 15 is 0 Å². The molecule has 0 saturated heterocycles. The summed E-state index contributed by atoms with van der Waals surface area (Å²) in [6.07, 6.45) is 0. The van der Waals surface area contributed by atoms with Gasteiger partial charge in [0.25, 0.3) is 0 Å². The lowest BCUT2D eigenvalue weighted by Crippen LogP contribution is -1.97. The number of hydrogen-bond donors (Lipinski definition) is 1. The summed E-state index contributed by atoms with van der Waals surface area (Å²) >= 11 is 1.34. The van der Waals surface area contributed by atoms with Crippen molar-refractivity contribution in [3.63, 3.8) is 0 Å². The maximum absolute atomic E-state index is 12.9. The van der Waals surface area contributed by atoms with Crippen LogP contribution in [0, 0.1) is 6.92 Å². The highest BCUT2D eigenvalue weighted by molar-refractivity contribution is 7.11. The van der Waals surface area contributed by atoms with Crippen molar-refractivity contribution < 1.29 is 14.3 Å². The van der Waals surface area contributed by atoms with Crippen molar-refractivity contribution in [2.45, 2.75) is 13.8 Å². The molecule has 0 amide bonds. The quantitative estimate of drug-likeness (QED) is 0.745. The Morgan fingerprint density at radius 2 is 2.23 bits per heavy atom. The van der Waals surface area contributed by atoms with Gasteiger partial charge in [-0.1, -0.05) is 0 Å². The number of aliphatic carboxylic acids is 1. The smallest absolute Gasteiger partial charge is 0.365 e. The van der Waals surface area contributed by atoms with Crippen molar-refractivity contribution in [1.82, 2.24) is 0 Å². The van der Waals surface area contributed by atoms with E-state index in [1.165, 1.54) is 18.3 Å². The molecular weight excluding hydrogens is 191 g/mol. The molecule has 0 atom stereocenters. The minimum Gasteiger partial charge on any atom is -0.476 e. The van der Waals surface area contributed by atoms with Crippen molar-refractivity contribution in [1.29, 1.82) is 0 Å². The molecule has 0 aromatic carbocycles. The minimum atomic E-state index is -1.51. The molecule has 1 heterocycles. The van der Waals surface area contributed by atoms with E-state index in [9.17, 15) is 9.18 Å². The van der Waals surface area contributed by atoms with Gasteiger partial charge >= 0.3 is 5.97 Å². The molecule has 1 aromatic rings. The van der Waals surface area contributed by atoms with E-state index < -0.39 is 11.8 Å². The molecule has 4 heteroatoms. The van der Waals surface area contributed by atoms with E-state index in [1.54, 1.807) is 0 Å². The molecule has 0 aliphatic heterocycles. The largest absolute Gasteiger partial charge is 0.476 e. The SMILES string of the molecule is CC(=C(F)C(=O)O)c1sccc1C. The molecule has 0 bridgehead atoms. The van der Waals surface area contributed by atoms with Gasteiger partial charge in [0.05, 0.1) is 0 Å². The number of rotatable bonds is 2. The fraction of sp³-hybridized carbons (Fsp3) is 0.222. The average molecular weight is 200 g/mol. The zero-order valence-corrected chi connectivity index (χ0v) is 8.11. The number of aryl methyl sites for hydroxylation is 1. The first-order chi connectivity index (χ1) is 6.04. The molecular formula is C9H9FO2S. The predicted octanol–water partition coefficient (Wildman–Crippen LogP) is 2.84. The summed E-state index contributed by atoms with van der Waals surface area (Å²) in [6, 6.07) is 1.83. The second-order valence-corrected chi connectivity index (χ2v) is 3.59. The molecule has 2 nitrogen and oxygen atoms in total. The van der Waals surface area contributed by atoms with E-state index in [0.717, 1.165) is 5.56 Å². The topological polar surface area (TPSA) is 37.3 Å². The molecule has 1 N–H and O–H groups in total. The first-order valence-electron chi connectivity index (χ1n) is 3.68. The molecule has 0 aliphatic carbocycles. The number of carboxylic acids is 1. The van der Waals surface area contributed by atoms with Gasteiger partial charge in [0.15, 0.2) is 0 Å². The number of allylic oxidation sites excluding steroid dienone is 1. The maximum atomic E-state index is 12.9. The maximum Gasteiger partial charge on any atom is 0.365 e. The number of carbonyl (C=O) groups is 1. The highest BCUT2D eigenvalue weighted by Crippen LogP contribution is 2.27. The van der Waals surface area contributed by atoms with E-state index in [1.807, 2.05) is 18.4 Å². The van der Waals surface area contributed by atoms with Crippen LogP contribution < -0.4 is 0 Å². The predicted molar refractivity (Wildman–Crippen MR) is 50.4 cm³/mol. The number of halogens is 1. The molecule has 0 aliphatic rings. The standard InChI is InChI=1S/C9H9FO2S/c1-5-3-4-13-8(5)6(2)7(10)9(11)12/h3-4H,1-2H3,(H,11,12). The van der Waals surface area contributed by atoms with Crippen LogP contribution in [0.3, 0.4) is 0 Å². The first kappa shape index (κ1) is 9.92. The van der Waals surface area contributed by atoms with Gasteiger partial charge in [0.2, 0.25) is 5.83 Å². The van der Waals surface area contributed by atoms with Crippen LogP contribution in [0.25, 0.3) is 5.57 Å². The Bertz CT molecular complexity index is 365. The Morgan fingerprint density at radius 3 is 2.62 bits per heavy atom. The monoisotopic (exact) mass is 200 g/mol. The second-order valence-electron chi connectivity index (χ2n) is 2.68. The van der Waals surface area contributed by atoms with Gasteiger partial charge in [-0.15, -0.1) is 11.3 Å². The zero-order chi connectivity index (χ0) is 10.0. The Labute approximate surface area is 79.3 Å². The Hall–Kier alpha value is -1.16. The van der Waals surface area contributed by atoms with Gasteiger partial charge in [-0.05, 0) is 30.9 Å². The van der Waals surface area contributed by atoms with E-state index in [2.05, 4.69) is 0 Å². The van der Waals surface area contributed by atoms with Crippen molar-refractivity contribution in [3.05, 3.63) is 27.7 Å². The van der Waals surface area contributed by atoms with E-state index in [-0.39, 0.29) is 5.57 Å². The van der Waals surface area contributed by atoms with Crippen molar-refractivity contribution in [3.8, 4) is 0 Å². The molecule has 1 aromatic heterocycles. The van der Waals surface area contributed by atoms with Crippen LogP contribution >= 0.6 is 11.3 Å². The van der Waals surface area contributed by atoms with Crippen molar-refractivity contribution in [2.24, 2.45) is 0 Å².